The van der Waals surface area contributed by atoms with Crippen molar-refractivity contribution >= 4 is 17.6 Å². The number of aliphatic carboxylic acids is 1. The molecule has 0 amide bonds. The highest BCUT2D eigenvalue weighted by Gasteiger charge is 2.59. The number of halogens is 8. The normalized spacial score (nSPS) is 13.8. The van der Waals surface area contributed by atoms with Gasteiger partial charge in [-0.3, -0.25) is 4.79 Å². The molecule has 0 fully saturated rings. The van der Waals surface area contributed by atoms with E-state index in [9.17, 15) is 35.5 Å². The lowest BCUT2D eigenvalue weighted by Crippen LogP contribution is -2.45. The van der Waals surface area contributed by atoms with E-state index in [1.807, 2.05) is 0 Å². The number of hydrogen-bond acceptors (Lipinski definition) is 2. The van der Waals surface area contributed by atoms with Gasteiger partial charge < -0.3 is 9.84 Å². The summed E-state index contributed by atoms with van der Waals surface area (Å²) in [4.78, 5) is 10.4. The average molecular weight is 355 g/mol. The summed E-state index contributed by atoms with van der Waals surface area (Å²) >= 11 is 5.35. The molecule has 1 rings (SSSR count). The number of carboxylic acid groups (broad SMARTS) is 1. The van der Waals surface area contributed by atoms with Crippen LogP contribution in [-0.4, -0.2) is 29.5 Å². The molecule has 0 aliphatic rings. The summed E-state index contributed by atoms with van der Waals surface area (Å²) in [6.07, 6.45) is -16.8. The SMILES string of the molecule is O=C(O)Cc1cc(F)c(OC(F)(F)C(F)C(F)(F)F)c(Cl)c1. The lowest BCUT2D eigenvalue weighted by Gasteiger charge is -2.23. The van der Waals surface area contributed by atoms with E-state index in [1.54, 1.807) is 0 Å². The molecule has 124 valence electrons. The van der Waals surface area contributed by atoms with Crippen LogP contribution in [0.1, 0.15) is 5.56 Å². The molecule has 1 atom stereocenters. The largest absolute Gasteiger partial charge is 0.481 e. The van der Waals surface area contributed by atoms with E-state index in [0.717, 1.165) is 0 Å². The lowest BCUT2D eigenvalue weighted by atomic mass is 10.1. The van der Waals surface area contributed by atoms with E-state index in [0.29, 0.717) is 12.1 Å². The van der Waals surface area contributed by atoms with Crippen molar-refractivity contribution in [3.8, 4) is 5.75 Å². The van der Waals surface area contributed by atoms with Gasteiger partial charge in [-0.15, -0.1) is 0 Å². The molecular weight excluding hydrogens is 349 g/mol. The predicted octanol–water partition coefficient (Wildman–Crippen LogP) is 3.98. The number of carboxylic acids is 1. The van der Waals surface area contributed by atoms with Gasteiger partial charge in [0.15, 0.2) is 11.6 Å². The minimum atomic E-state index is -5.93. The second-order valence-corrected chi connectivity index (χ2v) is 4.43. The molecule has 1 aromatic rings. The molecule has 0 heterocycles. The van der Waals surface area contributed by atoms with Crippen molar-refractivity contribution in [3.63, 3.8) is 0 Å². The van der Waals surface area contributed by atoms with Gasteiger partial charge in [0.1, 0.15) is 0 Å². The first-order chi connectivity index (χ1) is 9.84. The summed E-state index contributed by atoms with van der Waals surface area (Å²) in [7, 11) is 0. The number of hydrogen-bond donors (Lipinski definition) is 1. The first kappa shape index (κ1) is 18.3. The third-order valence-electron chi connectivity index (χ3n) is 2.23. The van der Waals surface area contributed by atoms with Crippen LogP contribution < -0.4 is 4.74 Å². The molecule has 3 nitrogen and oxygen atoms in total. The van der Waals surface area contributed by atoms with Crippen molar-refractivity contribution in [2.45, 2.75) is 24.9 Å². The van der Waals surface area contributed by atoms with Crippen LogP contribution in [0.25, 0.3) is 0 Å². The fourth-order valence-electron chi connectivity index (χ4n) is 1.36. The smallest absolute Gasteiger partial charge is 0.439 e. The Labute approximate surface area is 123 Å². The molecule has 0 aliphatic carbocycles. The maximum absolute atomic E-state index is 13.5. The van der Waals surface area contributed by atoms with Crippen molar-refractivity contribution in [1.82, 2.24) is 0 Å². The minimum absolute atomic E-state index is 0.252. The maximum Gasteiger partial charge on any atom is 0.439 e. The Bertz CT molecular complexity index is 550. The van der Waals surface area contributed by atoms with Gasteiger partial charge in [0.2, 0.25) is 0 Å². The van der Waals surface area contributed by atoms with Crippen molar-refractivity contribution in [2.75, 3.05) is 0 Å². The first-order valence-electron chi connectivity index (χ1n) is 5.32. The standard InChI is InChI=1S/C11H6ClF7O3/c12-5-1-4(3-7(20)21)2-6(13)8(5)22-11(18,19)9(14)10(15,16)17/h1-2,9H,3H2,(H,20,21). The Morgan fingerprint density at radius 2 is 1.82 bits per heavy atom. The van der Waals surface area contributed by atoms with Crippen LogP contribution in [0.5, 0.6) is 5.75 Å². The minimum Gasteiger partial charge on any atom is -0.481 e. The Morgan fingerprint density at radius 3 is 2.23 bits per heavy atom. The van der Waals surface area contributed by atoms with E-state index < -0.39 is 47.4 Å². The van der Waals surface area contributed by atoms with E-state index in [4.69, 9.17) is 16.7 Å². The van der Waals surface area contributed by atoms with Gasteiger partial charge >= 0.3 is 18.3 Å². The fraction of sp³-hybridized carbons (Fsp3) is 0.364. The zero-order chi connectivity index (χ0) is 17.3. The van der Waals surface area contributed by atoms with Gasteiger partial charge in [-0.1, -0.05) is 11.6 Å². The van der Waals surface area contributed by atoms with Crippen LogP contribution in [0.4, 0.5) is 30.7 Å². The van der Waals surface area contributed by atoms with Crippen LogP contribution in [0, 0.1) is 5.82 Å². The Kier molecular flexibility index (Phi) is 5.16. The topological polar surface area (TPSA) is 46.5 Å². The van der Waals surface area contributed by atoms with E-state index in [-0.39, 0.29) is 5.56 Å². The molecule has 0 saturated heterocycles. The summed E-state index contributed by atoms with van der Waals surface area (Å²) in [5, 5.41) is 7.55. The molecule has 1 N–H and O–H groups in total. The van der Waals surface area contributed by atoms with Crippen LogP contribution in [0.3, 0.4) is 0 Å². The van der Waals surface area contributed by atoms with E-state index in [1.165, 1.54) is 0 Å². The molecule has 0 saturated carbocycles. The van der Waals surface area contributed by atoms with Crippen LogP contribution >= 0.6 is 11.6 Å². The zero-order valence-corrected chi connectivity index (χ0v) is 11.0. The molecule has 1 unspecified atom stereocenters. The van der Waals surface area contributed by atoms with Gasteiger partial charge in [-0.2, -0.15) is 22.0 Å². The summed E-state index contributed by atoms with van der Waals surface area (Å²) in [5.74, 6) is -4.57. The third kappa shape index (κ3) is 4.39. The average Bonchev–Trinajstić information content (AvgIpc) is 2.31. The summed E-state index contributed by atoms with van der Waals surface area (Å²) < 4.78 is 91.4. The van der Waals surface area contributed by atoms with Crippen LogP contribution in [-0.2, 0) is 11.2 Å². The second kappa shape index (κ2) is 6.19. The van der Waals surface area contributed by atoms with Gasteiger partial charge in [-0.05, 0) is 17.7 Å². The summed E-state index contributed by atoms with van der Waals surface area (Å²) in [6, 6.07) is 1.12. The highest BCUT2D eigenvalue weighted by atomic mass is 35.5. The number of ether oxygens (including phenoxy) is 1. The maximum atomic E-state index is 13.5. The number of rotatable bonds is 5. The summed E-state index contributed by atoms with van der Waals surface area (Å²) in [5.41, 5.74) is -0.252. The van der Waals surface area contributed by atoms with Crippen LogP contribution in [0.15, 0.2) is 12.1 Å². The van der Waals surface area contributed by atoms with Crippen molar-refractivity contribution < 1.29 is 45.4 Å². The third-order valence-corrected chi connectivity index (χ3v) is 2.51. The Morgan fingerprint density at radius 1 is 1.27 bits per heavy atom. The van der Waals surface area contributed by atoms with Crippen LogP contribution in [0.2, 0.25) is 5.02 Å². The lowest BCUT2D eigenvalue weighted by molar-refractivity contribution is -0.305. The van der Waals surface area contributed by atoms with Crippen molar-refractivity contribution in [1.29, 1.82) is 0 Å². The Hall–Kier alpha value is -1.71. The Balaban J connectivity index is 3.10. The first-order valence-corrected chi connectivity index (χ1v) is 5.69. The molecule has 0 spiro atoms. The van der Waals surface area contributed by atoms with Gasteiger partial charge in [0.05, 0.1) is 11.4 Å². The molecule has 1 aromatic carbocycles. The highest BCUT2D eigenvalue weighted by Crippen LogP contribution is 2.39. The molecule has 0 aliphatic heterocycles. The van der Waals surface area contributed by atoms with Gasteiger partial charge in [0.25, 0.3) is 6.17 Å². The number of benzene rings is 1. The quantitative estimate of drug-likeness (QED) is 0.814. The molecule has 0 radical (unpaired) electrons. The zero-order valence-electron chi connectivity index (χ0n) is 10.2. The molecule has 22 heavy (non-hydrogen) atoms. The van der Waals surface area contributed by atoms with Gasteiger partial charge in [-0.25, -0.2) is 8.78 Å². The molecule has 0 bridgehead atoms. The fourth-order valence-corrected chi connectivity index (χ4v) is 1.63. The van der Waals surface area contributed by atoms with E-state index >= 15 is 0 Å². The molecule has 0 aromatic heterocycles. The highest BCUT2D eigenvalue weighted by molar-refractivity contribution is 6.32. The predicted molar refractivity (Wildman–Crippen MR) is 59.3 cm³/mol. The second-order valence-electron chi connectivity index (χ2n) is 4.03. The summed E-state index contributed by atoms with van der Waals surface area (Å²) in [6.45, 7) is 0. The number of carbonyl (C=O) groups is 1. The monoisotopic (exact) mass is 354 g/mol. The van der Waals surface area contributed by atoms with Crippen molar-refractivity contribution in [3.05, 3.63) is 28.5 Å². The van der Waals surface area contributed by atoms with Crippen molar-refractivity contribution in [2.24, 2.45) is 0 Å². The number of alkyl halides is 6. The van der Waals surface area contributed by atoms with E-state index in [2.05, 4.69) is 4.74 Å². The molecular formula is C11H6ClF7O3. The van der Waals surface area contributed by atoms with Gasteiger partial charge in [0, 0.05) is 0 Å². The molecule has 11 heteroatoms.